The van der Waals surface area contributed by atoms with Gasteiger partial charge in [-0.15, -0.1) is 0 Å². The standard InChI is InChI=1S/C11H20N4O3S/c1-19(17,18)9-10(12)15(7-8-16)13-11(9)14-5-3-2-4-6-14/h16H,2-8,12H2,1H3. The molecule has 2 rings (SSSR count). The van der Waals surface area contributed by atoms with Gasteiger partial charge in [-0.25, -0.2) is 13.1 Å². The summed E-state index contributed by atoms with van der Waals surface area (Å²) < 4.78 is 25.2. The first kappa shape index (κ1) is 14.1. The quantitative estimate of drug-likeness (QED) is 0.799. The van der Waals surface area contributed by atoms with Gasteiger partial charge in [0.2, 0.25) is 0 Å². The van der Waals surface area contributed by atoms with E-state index in [-0.39, 0.29) is 23.9 Å². The molecule has 1 saturated heterocycles. The Morgan fingerprint density at radius 1 is 1.32 bits per heavy atom. The fourth-order valence-electron chi connectivity index (χ4n) is 2.38. The summed E-state index contributed by atoms with van der Waals surface area (Å²) in [5.74, 6) is 0.533. The zero-order chi connectivity index (χ0) is 14.0. The maximum atomic E-state index is 11.9. The molecule has 8 heteroatoms. The molecule has 1 fully saturated rings. The Morgan fingerprint density at radius 2 is 1.95 bits per heavy atom. The number of anilines is 2. The number of nitrogen functional groups attached to an aromatic ring is 1. The molecule has 1 aliphatic rings. The number of piperidine rings is 1. The highest BCUT2D eigenvalue weighted by Gasteiger charge is 2.28. The van der Waals surface area contributed by atoms with Crippen molar-refractivity contribution in [1.82, 2.24) is 9.78 Å². The van der Waals surface area contributed by atoms with Crippen molar-refractivity contribution in [2.75, 3.05) is 36.6 Å². The number of rotatable bonds is 4. The predicted octanol–water partition coefficient (Wildman–Crippen LogP) is -0.149. The Balaban J connectivity index is 2.48. The lowest BCUT2D eigenvalue weighted by atomic mass is 10.1. The highest BCUT2D eigenvalue weighted by atomic mass is 32.2. The maximum absolute atomic E-state index is 11.9. The number of sulfone groups is 1. The molecule has 0 aromatic carbocycles. The zero-order valence-corrected chi connectivity index (χ0v) is 11.9. The summed E-state index contributed by atoms with van der Waals surface area (Å²) in [6.45, 7) is 1.65. The SMILES string of the molecule is CS(=O)(=O)c1c(N2CCCCC2)nn(CCO)c1N. The third-order valence-corrected chi connectivity index (χ3v) is 4.40. The molecule has 1 aromatic heterocycles. The molecule has 3 N–H and O–H groups in total. The average Bonchev–Trinajstić information content (AvgIpc) is 2.68. The van der Waals surface area contributed by atoms with Gasteiger partial charge in [0.05, 0.1) is 13.2 Å². The van der Waals surface area contributed by atoms with E-state index in [9.17, 15) is 8.42 Å². The molecule has 0 amide bonds. The van der Waals surface area contributed by atoms with Gasteiger partial charge in [0, 0.05) is 19.3 Å². The second-order valence-corrected chi connectivity index (χ2v) is 6.76. The molecule has 0 radical (unpaired) electrons. The van der Waals surface area contributed by atoms with Gasteiger partial charge in [0.15, 0.2) is 20.6 Å². The number of nitrogens with two attached hydrogens (primary N) is 1. The van der Waals surface area contributed by atoms with Gasteiger partial charge < -0.3 is 15.7 Å². The van der Waals surface area contributed by atoms with Crippen molar-refractivity contribution < 1.29 is 13.5 Å². The van der Waals surface area contributed by atoms with Crippen molar-refractivity contribution in [2.24, 2.45) is 0 Å². The lowest BCUT2D eigenvalue weighted by Gasteiger charge is -2.27. The van der Waals surface area contributed by atoms with Gasteiger partial charge >= 0.3 is 0 Å². The van der Waals surface area contributed by atoms with Crippen LogP contribution in [0.5, 0.6) is 0 Å². The van der Waals surface area contributed by atoms with Crippen LogP contribution in [-0.2, 0) is 16.4 Å². The summed E-state index contributed by atoms with van der Waals surface area (Å²) in [6.07, 6.45) is 4.33. The molecule has 1 aliphatic heterocycles. The van der Waals surface area contributed by atoms with E-state index >= 15 is 0 Å². The molecule has 19 heavy (non-hydrogen) atoms. The number of hydrogen-bond acceptors (Lipinski definition) is 6. The molecule has 0 unspecified atom stereocenters. The molecule has 1 aromatic rings. The van der Waals surface area contributed by atoms with Crippen molar-refractivity contribution in [1.29, 1.82) is 0 Å². The highest BCUT2D eigenvalue weighted by Crippen LogP contribution is 2.31. The summed E-state index contributed by atoms with van der Waals surface area (Å²) >= 11 is 0. The van der Waals surface area contributed by atoms with Gasteiger partial charge in [-0.1, -0.05) is 0 Å². The lowest BCUT2D eigenvalue weighted by Crippen LogP contribution is -2.31. The van der Waals surface area contributed by atoms with Crippen LogP contribution >= 0.6 is 0 Å². The second kappa shape index (κ2) is 5.38. The second-order valence-electron chi connectivity index (χ2n) is 4.80. The van der Waals surface area contributed by atoms with Crippen LogP contribution in [0.25, 0.3) is 0 Å². The van der Waals surface area contributed by atoms with Gasteiger partial charge in [-0.05, 0) is 19.3 Å². The van der Waals surface area contributed by atoms with E-state index in [1.165, 1.54) is 4.68 Å². The molecule has 0 bridgehead atoms. The third kappa shape index (κ3) is 2.84. The molecule has 0 saturated carbocycles. The predicted molar refractivity (Wildman–Crippen MR) is 72.9 cm³/mol. The molecular weight excluding hydrogens is 268 g/mol. The maximum Gasteiger partial charge on any atom is 0.182 e. The van der Waals surface area contributed by atoms with Gasteiger partial charge in [-0.3, -0.25) is 0 Å². The monoisotopic (exact) mass is 288 g/mol. The molecular formula is C11H20N4O3S. The van der Waals surface area contributed by atoms with Crippen molar-refractivity contribution in [3.05, 3.63) is 0 Å². The Hall–Kier alpha value is -1.28. The summed E-state index contributed by atoms with van der Waals surface area (Å²) in [6, 6.07) is 0. The van der Waals surface area contributed by atoms with Crippen LogP contribution in [-0.4, -0.2) is 49.3 Å². The highest BCUT2D eigenvalue weighted by molar-refractivity contribution is 7.91. The number of aromatic nitrogens is 2. The van der Waals surface area contributed by atoms with E-state index in [0.717, 1.165) is 38.6 Å². The Labute approximate surface area is 112 Å². The van der Waals surface area contributed by atoms with Gasteiger partial charge in [-0.2, -0.15) is 5.10 Å². The molecule has 2 heterocycles. The topological polar surface area (TPSA) is 101 Å². The fourth-order valence-corrected chi connectivity index (χ4v) is 3.37. The van der Waals surface area contributed by atoms with Crippen LogP contribution in [0.4, 0.5) is 11.6 Å². The van der Waals surface area contributed by atoms with Crippen LogP contribution < -0.4 is 10.6 Å². The molecule has 108 valence electrons. The molecule has 0 atom stereocenters. The van der Waals surface area contributed by atoms with Crippen molar-refractivity contribution >= 4 is 21.5 Å². The minimum atomic E-state index is -3.44. The first-order valence-electron chi connectivity index (χ1n) is 6.37. The summed E-state index contributed by atoms with van der Waals surface area (Å²) in [4.78, 5) is 2.05. The third-order valence-electron chi connectivity index (χ3n) is 3.27. The minimum absolute atomic E-state index is 0.0860. The van der Waals surface area contributed by atoms with Gasteiger partial charge in [0.25, 0.3) is 0 Å². The number of nitrogens with zero attached hydrogens (tertiary/aromatic N) is 3. The van der Waals surface area contributed by atoms with E-state index in [1.54, 1.807) is 0 Å². The van der Waals surface area contributed by atoms with E-state index in [1.807, 2.05) is 4.90 Å². The Bertz CT molecular complexity index is 547. The lowest BCUT2D eigenvalue weighted by molar-refractivity contribution is 0.270. The van der Waals surface area contributed by atoms with E-state index < -0.39 is 9.84 Å². The Morgan fingerprint density at radius 3 is 2.47 bits per heavy atom. The van der Waals surface area contributed by atoms with Crippen LogP contribution in [0.2, 0.25) is 0 Å². The van der Waals surface area contributed by atoms with E-state index in [4.69, 9.17) is 10.8 Å². The molecule has 7 nitrogen and oxygen atoms in total. The number of hydrogen-bond donors (Lipinski definition) is 2. The van der Waals surface area contributed by atoms with E-state index in [0.29, 0.717) is 5.82 Å². The number of aliphatic hydroxyl groups excluding tert-OH is 1. The van der Waals surface area contributed by atoms with Crippen LogP contribution in [0.1, 0.15) is 19.3 Å². The van der Waals surface area contributed by atoms with Crippen LogP contribution in [0.3, 0.4) is 0 Å². The first-order chi connectivity index (χ1) is 8.95. The fraction of sp³-hybridized carbons (Fsp3) is 0.727. The van der Waals surface area contributed by atoms with Crippen molar-refractivity contribution in [3.63, 3.8) is 0 Å². The summed E-state index contributed by atoms with van der Waals surface area (Å²) in [7, 11) is -3.44. The summed E-state index contributed by atoms with van der Waals surface area (Å²) in [5, 5.41) is 13.2. The smallest absolute Gasteiger partial charge is 0.182 e. The zero-order valence-electron chi connectivity index (χ0n) is 11.0. The minimum Gasteiger partial charge on any atom is -0.394 e. The van der Waals surface area contributed by atoms with Crippen LogP contribution in [0, 0.1) is 0 Å². The van der Waals surface area contributed by atoms with Crippen molar-refractivity contribution in [3.8, 4) is 0 Å². The van der Waals surface area contributed by atoms with E-state index in [2.05, 4.69) is 5.10 Å². The first-order valence-corrected chi connectivity index (χ1v) is 8.26. The summed E-state index contributed by atoms with van der Waals surface area (Å²) in [5.41, 5.74) is 5.87. The average molecular weight is 288 g/mol. The molecule has 0 aliphatic carbocycles. The largest absolute Gasteiger partial charge is 0.394 e. The number of aliphatic hydroxyl groups is 1. The van der Waals surface area contributed by atoms with Gasteiger partial charge in [0.1, 0.15) is 5.82 Å². The Kier molecular flexibility index (Phi) is 4.00. The molecule has 0 spiro atoms. The van der Waals surface area contributed by atoms with Crippen molar-refractivity contribution in [2.45, 2.75) is 30.7 Å². The van der Waals surface area contributed by atoms with Crippen LogP contribution in [0.15, 0.2) is 4.90 Å². The normalized spacial score (nSPS) is 16.8.